The van der Waals surface area contributed by atoms with Gasteiger partial charge in [-0.15, -0.1) is 0 Å². The molecule has 1 N–H and O–H groups in total. The number of piperidine rings is 1. The number of amides is 1. The van der Waals surface area contributed by atoms with Crippen LogP contribution in [0.3, 0.4) is 0 Å². The van der Waals surface area contributed by atoms with Crippen molar-refractivity contribution in [1.29, 1.82) is 0 Å². The minimum atomic E-state index is -1.17. The first-order valence-electron chi connectivity index (χ1n) is 13.3. The van der Waals surface area contributed by atoms with Gasteiger partial charge in [0.1, 0.15) is 23.7 Å². The number of carbonyl (C=O) groups is 1. The summed E-state index contributed by atoms with van der Waals surface area (Å²) < 4.78 is 12.0. The van der Waals surface area contributed by atoms with Crippen LogP contribution in [0.15, 0.2) is 54.6 Å². The van der Waals surface area contributed by atoms with Gasteiger partial charge in [-0.05, 0) is 62.2 Å². The van der Waals surface area contributed by atoms with Gasteiger partial charge in [0.05, 0.1) is 13.2 Å². The van der Waals surface area contributed by atoms with Crippen LogP contribution in [0.4, 0.5) is 0 Å². The number of aliphatic hydroxyl groups is 1. The number of carbonyl (C=O) groups excluding carboxylic acids is 1. The molecule has 2 fully saturated rings. The van der Waals surface area contributed by atoms with Gasteiger partial charge in [-0.3, -0.25) is 9.69 Å². The number of hydrogen-bond acceptors (Lipinski definition) is 6. The van der Waals surface area contributed by atoms with Crippen LogP contribution in [0.25, 0.3) is 0 Å². The zero-order valence-corrected chi connectivity index (χ0v) is 21.6. The molecule has 4 rings (SSSR count). The molecule has 196 valence electrons. The highest BCUT2D eigenvalue weighted by Gasteiger charge is 2.36. The molecular formula is C29H41N3O4. The van der Waals surface area contributed by atoms with Crippen molar-refractivity contribution < 1.29 is 19.4 Å². The highest BCUT2D eigenvalue weighted by atomic mass is 16.5. The fourth-order valence-corrected chi connectivity index (χ4v) is 5.12. The fourth-order valence-electron chi connectivity index (χ4n) is 5.12. The third-order valence-corrected chi connectivity index (χ3v) is 7.03. The van der Waals surface area contributed by atoms with Crippen molar-refractivity contribution in [3.63, 3.8) is 0 Å². The SMILES string of the molecule is CC(=O)N1CCN(Cc2cccc(OCCCN3CCCCC3)c2)CC(O)(COc2ccccc2)C1. The lowest BCUT2D eigenvalue weighted by Crippen LogP contribution is -2.51. The lowest BCUT2D eigenvalue weighted by Gasteiger charge is -2.32. The molecule has 7 nitrogen and oxygen atoms in total. The van der Waals surface area contributed by atoms with Gasteiger partial charge in [-0.2, -0.15) is 0 Å². The second-order valence-corrected chi connectivity index (χ2v) is 10.2. The highest BCUT2D eigenvalue weighted by Crippen LogP contribution is 2.21. The topological polar surface area (TPSA) is 65.5 Å². The molecule has 2 saturated heterocycles. The normalized spacial score (nSPS) is 21.7. The van der Waals surface area contributed by atoms with Crippen LogP contribution < -0.4 is 9.47 Å². The number of nitrogens with zero attached hydrogens (tertiary/aromatic N) is 3. The number of ether oxygens (including phenoxy) is 2. The summed E-state index contributed by atoms with van der Waals surface area (Å²) in [7, 11) is 0. The molecule has 7 heteroatoms. The molecule has 2 aromatic carbocycles. The Kier molecular flexibility index (Phi) is 9.61. The Labute approximate surface area is 215 Å². The molecular weight excluding hydrogens is 454 g/mol. The lowest BCUT2D eigenvalue weighted by atomic mass is 10.0. The molecule has 0 bridgehead atoms. The van der Waals surface area contributed by atoms with Crippen LogP contribution in [0, 0.1) is 0 Å². The van der Waals surface area contributed by atoms with Crippen molar-refractivity contribution in [2.24, 2.45) is 0 Å². The van der Waals surface area contributed by atoms with Crippen LogP contribution in [-0.4, -0.2) is 90.3 Å². The average Bonchev–Trinajstić information content (AvgIpc) is 3.06. The van der Waals surface area contributed by atoms with Gasteiger partial charge in [-0.25, -0.2) is 0 Å². The standard InChI is InChI=1S/C29H41N3O4/c1-25(33)32-18-17-31(22-29(34,23-32)24-36-27-11-4-2-5-12-27)21-26-10-8-13-28(20-26)35-19-9-16-30-14-6-3-7-15-30/h2,4-5,8,10-13,20,34H,3,6-7,9,14-19,21-24H2,1H3. The molecule has 0 aliphatic carbocycles. The van der Waals surface area contributed by atoms with E-state index in [0.29, 0.717) is 38.5 Å². The minimum Gasteiger partial charge on any atom is -0.494 e. The summed E-state index contributed by atoms with van der Waals surface area (Å²) in [5.41, 5.74) is -0.0354. The highest BCUT2D eigenvalue weighted by molar-refractivity contribution is 5.73. The van der Waals surface area contributed by atoms with Gasteiger partial charge in [0.2, 0.25) is 5.91 Å². The molecule has 0 radical (unpaired) electrons. The Morgan fingerprint density at radius 2 is 1.67 bits per heavy atom. The van der Waals surface area contributed by atoms with E-state index in [0.717, 1.165) is 24.3 Å². The minimum absolute atomic E-state index is 0.0325. The van der Waals surface area contributed by atoms with E-state index >= 15 is 0 Å². The predicted molar refractivity (Wildman–Crippen MR) is 141 cm³/mol. The van der Waals surface area contributed by atoms with E-state index in [4.69, 9.17) is 9.47 Å². The molecule has 0 saturated carbocycles. The second-order valence-electron chi connectivity index (χ2n) is 10.2. The summed E-state index contributed by atoms with van der Waals surface area (Å²) in [6.45, 7) is 8.55. The van der Waals surface area contributed by atoms with E-state index in [2.05, 4.69) is 21.9 Å². The maximum Gasteiger partial charge on any atom is 0.219 e. The zero-order chi connectivity index (χ0) is 25.2. The summed E-state index contributed by atoms with van der Waals surface area (Å²) >= 11 is 0. The average molecular weight is 496 g/mol. The quantitative estimate of drug-likeness (QED) is 0.510. The molecule has 0 spiro atoms. The van der Waals surface area contributed by atoms with Crippen molar-refractivity contribution in [2.45, 2.75) is 44.8 Å². The Balaban J connectivity index is 1.32. The maximum absolute atomic E-state index is 12.2. The number of rotatable bonds is 10. The van der Waals surface area contributed by atoms with Gasteiger partial charge in [0.25, 0.3) is 0 Å². The summed E-state index contributed by atoms with van der Waals surface area (Å²) in [5.74, 6) is 1.56. The molecule has 2 aliphatic rings. The summed E-state index contributed by atoms with van der Waals surface area (Å²) in [6.07, 6.45) is 5.03. The summed E-state index contributed by atoms with van der Waals surface area (Å²) in [4.78, 5) is 18.6. The van der Waals surface area contributed by atoms with E-state index in [1.807, 2.05) is 42.5 Å². The number of likely N-dealkylation sites (tertiary alicyclic amines) is 1. The van der Waals surface area contributed by atoms with E-state index in [-0.39, 0.29) is 19.1 Å². The molecule has 2 aliphatic heterocycles. The molecule has 0 aromatic heterocycles. The number of para-hydroxylation sites is 1. The van der Waals surface area contributed by atoms with Gasteiger partial charge in [-0.1, -0.05) is 36.8 Å². The Morgan fingerprint density at radius 1 is 0.889 bits per heavy atom. The van der Waals surface area contributed by atoms with Gasteiger partial charge >= 0.3 is 0 Å². The summed E-state index contributed by atoms with van der Waals surface area (Å²) in [5, 5.41) is 11.5. The first-order chi connectivity index (χ1) is 17.5. The second kappa shape index (κ2) is 13.1. The lowest BCUT2D eigenvalue weighted by molar-refractivity contribution is -0.132. The van der Waals surface area contributed by atoms with Crippen LogP contribution in [0.5, 0.6) is 11.5 Å². The smallest absolute Gasteiger partial charge is 0.219 e. The molecule has 1 atom stereocenters. The van der Waals surface area contributed by atoms with Gasteiger partial charge < -0.3 is 24.4 Å². The number of benzene rings is 2. The Bertz CT molecular complexity index is 951. The zero-order valence-electron chi connectivity index (χ0n) is 21.6. The third-order valence-electron chi connectivity index (χ3n) is 7.03. The molecule has 2 heterocycles. The molecule has 1 unspecified atom stereocenters. The van der Waals surface area contributed by atoms with Crippen molar-refractivity contribution in [3.8, 4) is 11.5 Å². The monoisotopic (exact) mass is 495 g/mol. The van der Waals surface area contributed by atoms with Crippen LogP contribution in [0.2, 0.25) is 0 Å². The van der Waals surface area contributed by atoms with Gasteiger partial charge in [0, 0.05) is 39.6 Å². The van der Waals surface area contributed by atoms with Crippen LogP contribution in [-0.2, 0) is 11.3 Å². The first-order valence-corrected chi connectivity index (χ1v) is 13.3. The molecule has 2 aromatic rings. The largest absolute Gasteiger partial charge is 0.494 e. The third kappa shape index (κ3) is 8.22. The van der Waals surface area contributed by atoms with E-state index in [9.17, 15) is 9.90 Å². The van der Waals surface area contributed by atoms with Crippen LogP contribution >= 0.6 is 0 Å². The molecule has 36 heavy (non-hydrogen) atoms. The van der Waals surface area contributed by atoms with E-state index < -0.39 is 5.60 Å². The van der Waals surface area contributed by atoms with Crippen molar-refractivity contribution in [1.82, 2.24) is 14.7 Å². The predicted octanol–water partition coefficient (Wildman–Crippen LogP) is 3.42. The van der Waals surface area contributed by atoms with Crippen molar-refractivity contribution in [3.05, 3.63) is 60.2 Å². The van der Waals surface area contributed by atoms with E-state index in [1.165, 1.54) is 32.4 Å². The number of hydrogen-bond donors (Lipinski definition) is 1. The maximum atomic E-state index is 12.2. The van der Waals surface area contributed by atoms with Crippen molar-refractivity contribution >= 4 is 5.91 Å². The van der Waals surface area contributed by atoms with Gasteiger partial charge in [0.15, 0.2) is 0 Å². The van der Waals surface area contributed by atoms with Crippen LogP contribution in [0.1, 0.15) is 38.2 Å². The Morgan fingerprint density at radius 3 is 2.44 bits per heavy atom. The van der Waals surface area contributed by atoms with Crippen molar-refractivity contribution in [2.75, 3.05) is 59.0 Å². The first kappa shape index (κ1) is 26.5. The fraction of sp³-hybridized carbons (Fsp3) is 0.552. The Hall–Kier alpha value is -2.61. The van der Waals surface area contributed by atoms with E-state index in [1.54, 1.807) is 11.8 Å². The number of β-amino-alcohol motifs (C(OH)–C–C–N with tert-alkyl or cyclic N) is 1. The molecule has 1 amide bonds. The summed E-state index contributed by atoms with van der Waals surface area (Å²) in [6, 6.07) is 17.7.